The van der Waals surface area contributed by atoms with Gasteiger partial charge in [0.25, 0.3) is 0 Å². The van der Waals surface area contributed by atoms with Crippen LogP contribution >= 0.6 is 0 Å². The minimum atomic E-state index is -0.536. The third-order valence-electron chi connectivity index (χ3n) is 1.15. The number of carbonyl (C=O) groups excluding carboxylic acids is 2. The van der Waals surface area contributed by atoms with E-state index < -0.39 is 18.0 Å². The molecule has 0 aromatic rings. The molecule has 13 heavy (non-hydrogen) atoms. The van der Waals surface area contributed by atoms with Gasteiger partial charge in [0.05, 0.1) is 0 Å². The lowest BCUT2D eigenvalue weighted by Gasteiger charge is -2.13. The van der Waals surface area contributed by atoms with E-state index in [1.165, 1.54) is 13.8 Å². The van der Waals surface area contributed by atoms with E-state index in [1.54, 1.807) is 0 Å². The maximum Gasteiger partial charge on any atom is 0.303 e. The summed E-state index contributed by atoms with van der Waals surface area (Å²) in [5, 5.41) is 0. The van der Waals surface area contributed by atoms with Crippen LogP contribution in [0.2, 0.25) is 0 Å². The van der Waals surface area contributed by atoms with Gasteiger partial charge in [-0.15, -0.1) is 12.3 Å². The van der Waals surface area contributed by atoms with Crippen molar-refractivity contribution < 1.29 is 19.1 Å². The van der Waals surface area contributed by atoms with Gasteiger partial charge in [-0.05, 0) is 0 Å². The minimum absolute atomic E-state index is 0.0130. The zero-order chi connectivity index (χ0) is 10.3. The Hall–Kier alpha value is -1.50. The van der Waals surface area contributed by atoms with Crippen LogP contribution in [0.5, 0.6) is 0 Å². The van der Waals surface area contributed by atoms with Crippen LogP contribution in [0, 0.1) is 12.3 Å². The van der Waals surface area contributed by atoms with Crippen LogP contribution in [0.25, 0.3) is 0 Å². The average molecular weight is 184 g/mol. The molecule has 0 spiro atoms. The minimum Gasteiger partial charge on any atom is -0.462 e. The van der Waals surface area contributed by atoms with E-state index in [-0.39, 0.29) is 13.0 Å². The quantitative estimate of drug-likeness (QED) is 0.471. The molecule has 0 amide bonds. The smallest absolute Gasteiger partial charge is 0.303 e. The number of rotatable bonds is 4. The van der Waals surface area contributed by atoms with Gasteiger partial charge in [0.15, 0.2) is 0 Å². The number of terminal acetylenes is 1. The molecular weight excluding hydrogens is 172 g/mol. The molecule has 0 aromatic heterocycles. The van der Waals surface area contributed by atoms with Crippen molar-refractivity contribution in [3.8, 4) is 12.3 Å². The van der Waals surface area contributed by atoms with Crippen molar-refractivity contribution in [2.45, 2.75) is 26.4 Å². The van der Waals surface area contributed by atoms with E-state index in [0.29, 0.717) is 0 Å². The number of ether oxygens (including phenoxy) is 2. The largest absolute Gasteiger partial charge is 0.462 e. The molecule has 0 N–H and O–H groups in total. The summed E-state index contributed by atoms with van der Waals surface area (Å²) in [6.07, 6.45) is 4.74. The van der Waals surface area contributed by atoms with Crippen molar-refractivity contribution in [2.24, 2.45) is 0 Å². The zero-order valence-electron chi connectivity index (χ0n) is 7.70. The van der Waals surface area contributed by atoms with E-state index in [9.17, 15) is 9.59 Å². The Kier molecular flexibility index (Phi) is 5.37. The fourth-order valence-corrected chi connectivity index (χ4v) is 0.711. The Bertz CT molecular complexity index is 226. The van der Waals surface area contributed by atoms with Crippen LogP contribution in [0.1, 0.15) is 20.3 Å². The van der Waals surface area contributed by atoms with Crippen molar-refractivity contribution in [3.63, 3.8) is 0 Å². The molecule has 1 atom stereocenters. The first-order valence-corrected chi connectivity index (χ1v) is 3.80. The number of hydrogen-bond donors (Lipinski definition) is 0. The lowest BCUT2D eigenvalue weighted by molar-refractivity contribution is -0.155. The van der Waals surface area contributed by atoms with Gasteiger partial charge < -0.3 is 9.47 Å². The van der Waals surface area contributed by atoms with Crippen LogP contribution in [-0.2, 0) is 19.1 Å². The highest BCUT2D eigenvalue weighted by molar-refractivity contribution is 5.67. The molecule has 0 radical (unpaired) electrons. The topological polar surface area (TPSA) is 52.6 Å². The molecule has 4 nitrogen and oxygen atoms in total. The highest BCUT2D eigenvalue weighted by Gasteiger charge is 2.11. The second-order valence-electron chi connectivity index (χ2n) is 2.44. The molecule has 0 aromatic carbocycles. The molecule has 0 rings (SSSR count). The summed E-state index contributed by atoms with van der Waals surface area (Å²) in [5.74, 6) is 1.47. The Morgan fingerprint density at radius 1 is 1.38 bits per heavy atom. The number of carbonyl (C=O) groups is 2. The molecule has 1 unspecified atom stereocenters. The van der Waals surface area contributed by atoms with Gasteiger partial charge in [-0.3, -0.25) is 9.59 Å². The zero-order valence-corrected chi connectivity index (χ0v) is 7.70. The molecule has 4 heteroatoms. The SMILES string of the molecule is C#CCC(COC(C)=O)OC(C)=O. The summed E-state index contributed by atoms with van der Waals surface area (Å²) in [7, 11) is 0. The van der Waals surface area contributed by atoms with E-state index >= 15 is 0 Å². The third kappa shape index (κ3) is 6.88. The number of esters is 2. The van der Waals surface area contributed by atoms with Gasteiger partial charge in [-0.1, -0.05) is 0 Å². The summed E-state index contributed by atoms with van der Waals surface area (Å²) in [6.45, 7) is 2.57. The van der Waals surface area contributed by atoms with Gasteiger partial charge in [-0.2, -0.15) is 0 Å². The van der Waals surface area contributed by atoms with Crippen molar-refractivity contribution in [1.29, 1.82) is 0 Å². The van der Waals surface area contributed by atoms with Crippen LogP contribution in [0.15, 0.2) is 0 Å². The summed E-state index contributed by atoms with van der Waals surface area (Å²) in [6, 6.07) is 0. The predicted octanol–water partition coefficient (Wildman–Crippen LogP) is 0.504. The molecule has 72 valence electrons. The normalized spacial score (nSPS) is 11.2. The highest BCUT2D eigenvalue weighted by atomic mass is 16.6. The van der Waals surface area contributed by atoms with Crippen molar-refractivity contribution in [1.82, 2.24) is 0 Å². The van der Waals surface area contributed by atoms with E-state index in [1.807, 2.05) is 0 Å². The monoisotopic (exact) mass is 184 g/mol. The first-order chi connectivity index (χ1) is 6.06. The van der Waals surface area contributed by atoms with Gasteiger partial charge >= 0.3 is 11.9 Å². The summed E-state index contributed by atoms with van der Waals surface area (Å²) in [5.41, 5.74) is 0. The molecule has 0 aliphatic carbocycles. The predicted molar refractivity (Wildman–Crippen MR) is 45.6 cm³/mol. The van der Waals surface area contributed by atoms with Crippen molar-refractivity contribution in [2.75, 3.05) is 6.61 Å². The Morgan fingerprint density at radius 3 is 2.38 bits per heavy atom. The average Bonchev–Trinajstić information content (AvgIpc) is 1.99. The van der Waals surface area contributed by atoms with E-state index in [4.69, 9.17) is 11.2 Å². The lowest BCUT2D eigenvalue weighted by atomic mass is 10.3. The molecule has 0 fully saturated rings. The van der Waals surface area contributed by atoms with Crippen LogP contribution < -0.4 is 0 Å². The third-order valence-corrected chi connectivity index (χ3v) is 1.15. The maximum absolute atomic E-state index is 10.5. The summed E-state index contributed by atoms with van der Waals surface area (Å²) >= 11 is 0. The van der Waals surface area contributed by atoms with Gasteiger partial charge in [-0.25, -0.2) is 0 Å². The second kappa shape index (κ2) is 6.06. The summed E-state index contributed by atoms with van der Waals surface area (Å²) < 4.78 is 9.43. The Labute approximate surface area is 77.2 Å². The van der Waals surface area contributed by atoms with Crippen molar-refractivity contribution in [3.05, 3.63) is 0 Å². The molecule has 0 heterocycles. The van der Waals surface area contributed by atoms with Crippen LogP contribution in [0.3, 0.4) is 0 Å². The maximum atomic E-state index is 10.5. The Morgan fingerprint density at radius 2 is 2.00 bits per heavy atom. The van der Waals surface area contributed by atoms with Crippen LogP contribution in [-0.4, -0.2) is 24.6 Å². The molecule has 0 saturated carbocycles. The standard InChI is InChI=1S/C9H12O4/c1-4-5-9(13-8(3)11)6-12-7(2)10/h1,9H,5-6H2,2-3H3. The lowest BCUT2D eigenvalue weighted by Crippen LogP contribution is -2.23. The van der Waals surface area contributed by atoms with E-state index in [2.05, 4.69) is 10.7 Å². The molecular formula is C9H12O4. The molecule has 0 aliphatic rings. The number of hydrogen-bond acceptors (Lipinski definition) is 4. The molecule has 0 bridgehead atoms. The van der Waals surface area contributed by atoms with Gasteiger partial charge in [0.1, 0.15) is 12.7 Å². The Balaban J connectivity index is 3.88. The van der Waals surface area contributed by atoms with Crippen LogP contribution in [0.4, 0.5) is 0 Å². The van der Waals surface area contributed by atoms with Crippen molar-refractivity contribution >= 4 is 11.9 Å². The summed E-state index contributed by atoms with van der Waals surface area (Å²) in [4.78, 5) is 21.0. The second-order valence-corrected chi connectivity index (χ2v) is 2.44. The fourth-order valence-electron chi connectivity index (χ4n) is 0.711. The molecule has 0 saturated heterocycles. The first kappa shape index (κ1) is 11.5. The molecule has 0 aliphatic heterocycles. The van der Waals surface area contributed by atoms with Gasteiger partial charge in [0, 0.05) is 20.3 Å². The van der Waals surface area contributed by atoms with Gasteiger partial charge in [0.2, 0.25) is 0 Å². The highest BCUT2D eigenvalue weighted by Crippen LogP contribution is 1.99. The fraction of sp³-hybridized carbons (Fsp3) is 0.556. The first-order valence-electron chi connectivity index (χ1n) is 3.80. The van der Waals surface area contributed by atoms with E-state index in [0.717, 1.165) is 0 Å².